The van der Waals surface area contributed by atoms with Crippen LogP contribution in [-0.2, 0) is 23.7 Å². The Morgan fingerprint density at radius 2 is 1.72 bits per heavy atom. The molecule has 0 bridgehead atoms. The van der Waals surface area contributed by atoms with Crippen molar-refractivity contribution in [1.29, 1.82) is 0 Å². The summed E-state index contributed by atoms with van der Waals surface area (Å²) in [5.41, 5.74) is 22.2. The number of hydrogen-bond donors (Lipinski definition) is 14. The summed E-state index contributed by atoms with van der Waals surface area (Å²) in [7, 11) is 1.52. The van der Waals surface area contributed by atoms with Crippen LogP contribution in [0.1, 0.15) is 26.2 Å². The molecule has 1 aliphatic carbocycles. The second-order valence-corrected chi connectivity index (χ2v) is 12.6. The zero-order valence-electron chi connectivity index (χ0n) is 26.5. The minimum atomic E-state index is -2.11. The molecule has 0 spiro atoms. The van der Waals surface area contributed by atoms with E-state index in [4.69, 9.17) is 47.0 Å². The zero-order chi connectivity index (χ0) is 35.2. The summed E-state index contributed by atoms with van der Waals surface area (Å²) in [5.74, 6) is -1.30. The number of hydrogen-bond acceptors (Lipinski definition) is 18. The molecule has 3 rings (SSSR count). The molecule has 3 aliphatic rings. The molecule has 1 unspecified atom stereocenters. The van der Waals surface area contributed by atoms with E-state index in [1.54, 1.807) is 0 Å². The van der Waals surface area contributed by atoms with E-state index in [0.29, 0.717) is 12.8 Å². The molecular weight excluding hydrogens is 630 g/mol. The molecule has 274 valence electrons. The Balaban J connectivity index is 1.82. The van der Waals surface area contributed by atoms with Crippen LogP contribution >= 0.6 is 0 Å². The van der Waals surface area contributed by atoms with Crippen LogP contribution in [0.15, 0.2) is 4.99 Å². The van der Waals surface area contributed by atoms with Crippen molar-refractivity contribution >= 4 is 11.7 Å². The van der Waals surface area contributed by atoms with Crippen molar-refractivity contribution in [3.63, 3.8) is 0 Å². The van der Waals surface area contributed by atoms with Crippen LogP contribution < -0.4 is 33.6 Å². The minimum Gasteiger partial charge on any atom is -0.393 e. The fraction of sp³-hybridized carbons (Fsp3) is 0.926. The SMILES string of the molecule is CN[C@@H]1[C@@H](O)[C@@H](O[C@@H]2[C@@H](O)[C@H](O[C@H]3O[C@H](CN=C(N)C(O)CO)CC[C@H]3N)[C@@H](N)C[C@H]2NC(=O)[C@@H](O)[C@@H](O)[C@@H](O)CN)OC[C@]1(C)O. The van der Waals surface area contributed by atoms with Crippen LogP contribution in [-0.4, -0.2) is 183 Å². The van der Waals surface area contributed by atoms with E-state index in [2.05, 4.69) is 15.6 Å². The van der Waals surface area contributed by atoms with Gasteiger partial charge in [0.2, 0.25) is 0 Å². The van der Waals surface area contributed by atoms with Gasteiger partial charge in [0.15, 0.2) is 18.7 Å². The lowest BCUT2D eigenvalue weighted by molar-refractivity contribution is -0.307. The summed E-state index contributed by atoms with van der Waals surface area (Å²) in [6.07, 6.45) is -15.0. The van der Waals surface area contributed by atoms with Gasteiger partial charge in [0, 0.05) is 12.6 Å². The van der Waals surface area contributed by atoms with Gasteiger partial charge in [-0.05, 0) is 33.2 Å². The Bertz CT molecular complexity index is 1030. The average Bonchev–Trinajstić information content (AvgIpc) is 3.04. The van der Waals surface area contributed by atoms with Gasteiger partial charge >= 0.3 is 0 Å². The predicted molar refractivity (Wildman–Crippen MR) is 162 cm³/mol. The van der Waals surface area contributed by atoms with Gasteiger partial charge in [-0.3, -0.25) is 9.79 Å². The Labute approximate surface area is 272 Å². The normalized spacial score (nSPS) is 41.1. The summed E-state index contributed by atoms with van der Waals surface area (Å²) in [6.45, 7) is 0.164. The van der Waals surface area contributed by atoms with Gasteiger partial charge in [0.1, 0.15) is 48.1 Å². The predicted octanol–water partition coefficient (Wildman–Crippen LogP) is -8.03. The number of nitrogens with zero attached hydrogens (tertiary/aromatic N) is 1. The molecule has 1 saturated carbocycles. The highest BCUT2D eigenvalue weighted by Gasteiger charge is 2.52. The molecule has 16 atom stereocenters. The quantitative estimate of drug-likeness (QED) is 0.0597. The topological polar surface area (TPSA) is 356 Å². The van der Waals surface area contributed by atoms with Gasteiger partial charge < -0.3 is 93.4 Å². The summed E-state index contributed by atoms with van der Waals surface area (Å²) in [5, 5.41) is 87.5. The Morgan fingerprint density at radius 3 is 2.34 bits per heavy atom. The third kappa shape index (κ3) is 9.72. The number of likely N-dealkylation sites (N-methyl/N-ethyl adjacent to an activating group) is 1. The zero-order valence-corrected chi connectivity index (χ0v) is 26.5. The maximum absolute atomic E-state index is 12.9. The number of rotatable bonds is 14. The standard InChI is InChI=1S/C27H53N7O13/c1-27(43)9-44-26(19(41)22(27)32-2)47-21-13(34-24(42)17(39)16(38)14(36)6-28)5-12(30)20(18(21)40)46-25-11(29)4-3-10(45-25)7-33-23(31)15(37)8-35/h10-22,25-26,32,35-41,43H,3-9,28-30H2,1-2H3,(H2,31,33)(H,34,42)/t10-,11+,12-,13+,14-,15?,16-,17-,18-,19+,20+,21-,22+,25+,26+,27-/m0/s1. The van der Waals surface area contributed by atoms with Crippen LogP contribution in [0.4, 0.5) is 0 Å². The first-order valence-electron chi connectivity index (χ1n) is 15.5. The molecule has 20 heteroatoms. The first-order valence-corrected chi connectivity index (χ1v) is 15.5. The van der Waals surface area contributed by atoms with Gasteiger partial charge in [0.05, 0.1) is 50.1 Å². The largest absolute Gasteiger partial charge is 0.393 e. The fourth-order valence-electron chi connectivity index (χ4n) is 5.93. The Kier molecular flexibility index (Phi) is 14.6. The lowest BCUT2D eigenvalue weighted by atomic mass is 9.83. The van der Waals surface area contributed by atoms with Gasteiger partial charge in [-0.1, -0.05) is 0 Å². The van der Waals surface area contributed by atoms with Crippen molar-refractivity contribution in [2.75, 3.05) is 33.4 Å². The van der Waals surface area contributed by atoms with E-state index >= 15 is 0 Å². The number of nitrogens with two attached hydrogens (primary N) is 4. The molecule has 47 heavy (non-hydrogen) atoms. The molecular formula is C27H53N7O13. The Morgan fingerprint density at radius 1 is 1.06 bits per heavy atom. The highest BCUT2D eigenvalue weighted by molar-refractivity contribution is 5.84. The van der Waals surface area contributed by atoms with Crippen molar-refractivity contribution in [2.45, 2.75) is 123 Å². The van der Waals surface area contributed by atoms with Crippen LogP contribution in [0.5, 0.6) is 0 Å². The molecule has 2 aliphatic heterocycles. The van der Waals surface area contributed by atoms with Gasteiger partial charge in [0.25, 0.3) is 5.91 Å². The number of amides is 1. The van der Waals surface area contributed by atoms with E-state index in [1.807, 2.05) is 0 Å². The number of aliphatic hydroxyl groups is 8. The molecule has 0 aromatic heterocycles. The highest BCUT2D eigenvalue weighted by Crippen LogP contribution is 2.32. The lowest BCUT2D eigenvalue weighted by Crippen LogP contribution is -2.69. The van der Waals surface area contributed by atoms with Crippen LogP contribution in [0.2, 0.25) is 0 Å². The highest BCUT2D eigenvalue weighted by atomic mass is 16.7. The number of aliphatic imine (C=N–C) groups is 1. The fourth-order valence-corrected chi connectivity index (χ4v) is 5.93. The summed E-state index contributed by atoms with van der Waals surface area (Å²) < 4.78 is 23.7. The smallest absolute Gasteiger partial charge is 0.251 e. The maximum Gasteiger partial charge on any atom is 0.251 e. The van der Waals surface area contributed by atoms with Crippen LogP contribution in [0.25, 0.3) is 0 Å². The molecule has 3 fully saturated rings. The minimum absolute atomic E-state index is 0.0228. The second kappa shape index (κ2) is 17.3. The molecule has 2 heterocycles. The maximum atomic E-state index is 12.9. The Hall–Kier alpha value is -1.70. The van der Waals surface area contributed by atoms with Gasteiger partial charge in [-0.15, -0.1) is 0 Å². The van der Waals surface area contributed by atoms with E-state index < -0.39 is 116 Å². The summed E-state index contributed by atoms with van der Waals surface area (Å²) in [6, 6.07) is -3.71. The molecule has 0 aromatic carbocycles. The van der Waals surface area contributed by atoms with Crippen molar-refractivity contribution in [3.8, 4) is 0 Å². The number of amidine groups is 1. The number of nitrogens with one attached hydrogen (secondary N) is 2. The number of carbonyl (C=O) groups is 1. The molecule has 0 aromatic rings. The third-order valence-corrected chi connectivity index (χ3v) is 8.79. The second-order valence-electron chi connectivity index (χ2n) is 12.6. The van der Waals surface area contributed by atoms with Crippen LogP contribution in [0, 0.1) is 0 Å². The van der Waals surface area contributed by atoms with Crippen molar-refractivity contribution in [3.05, 3.63) is 0 Å². The monoisotopic (exact) mass is 683 g/mol. The van der Waals surface area contributed by atoms with Gasteiger partial charge in [-0.25, -0.2) is 0 Å². The summed E-state index contributed by atoms with van der Waals surface area (Å²) in [4.78, 5) is 17.0. The van der Waals surface area contributed by atoms with Crippen molar-refractivity contribution in [1.82, 2.24) is 10.6 Å². The first-order chi connectivity index (χ1) is 22.1. The third-order valence-electron chi connectivity index (χ3n) is 8.79. The number of aliphatic hydroxyl groups excluding tert-OH is 7. The van der Waals surface area contributed by atoms with E-state index in [-0.39, 0.29) is 25.4 Å². The summed E-state index contributed by atoms with van der Waals surface area (Å²) >= 11 is 0. The van der Waals surface area contributed by atoms with E-state index in [9.17, 15) is 40.5 Å². The van der Waals surface area contributed by atoms with Crippen molar-refractivity contribution < 1.29 is 64.6 Å². The molecule has 0 radical (unpaired) electrons. The molecule has 20 nitrogen and oxygen atoms in total. The molecule has 1 amide bonds. The first kappa shape index (κ1) is 39.7. The average molecular weight is 684 g/mol. The van der Waals surface area contributed by atoms with Gasteiger partial charge in [-0.2, -0.15) is 0 Å². The number of ether oxygens (including phenoxy) is 4. The molecule has 18 N–H and O–H groups in total. The lowest BCUT2D eigenvalue weighted by Gasteiger charge is -2.49. The van der Waals surface area contributed by atoms with Crippen molar-refractivity contribution in [2.24, 2.45) is 27.9 Å². The van der Waals surface area contributed by atoms with Crippen LogP contribution in [0.3, 0.4) is 0 Å². The van der Waals surface area contributed by atoms with E-state index in [0.717, 1.165) is 0 Å². The van der Waals surface area contributed by atoms with E-state index in [1.165, 1.54) is 14.0 Å². The molecule has 2 saturated heterocycles. The number of carbonyl (C=O) groups excluding carboxylic acids is 1.